The smallest absolute Gasteiger partial charge is 0.450 e. The summed E-state index contributed by atoms with van der Waals surface area (Å²) >= 11 is 0. The number of rotatable bonds is 6. The lowest BCUT2D eigenvalue weighted by Gasteiger charge is -2.13. The van der Waals surface area contributed by atoms with E-state index in [0.29, 0.717) is 0 Å². The van der Waals surface area contributed by atoms with Gasteiger partial charge in [-0.3, -0.25) is 9.59 Å². The first-order valence-electron chi connectivity index (χ1n) is 8.35. The molecule has 0 aliphatic carbocycles. The molecule has 0 fully saturated rings. The summed E-state index contributed by atoms with van der Waals surface area (Å²) in [6, 6.07) is 11.5. The Hall–Kier alpha value is -3.29. The number of ether oxygens (including phenoxy) is 1. The summed E-state index contributed by atoms with van der Waals surface area (Å²) in [7, 11) is 0. The van der Waals surface area contributed by atoms with Gasteiger partial charge in [0.1, 0.15) is 11.3 Å². The zero-order valence-corrected chi connectivity index (χ0v) is 14.5. The molecule has 1 heterocycles. The minimum atomic E-state index is -4.86. The molecule has 0 radical (unpaired) electrons. The molecule has 0 bridgehead atoms. The second kappa shape index (κ2) is 7.75. The number of fused-ring (bicyclic) bond motifs is 1. The van der Waals surface area contributed by atoms with Gasteiger partial charge < -0.3 is 14.3 Å². The van der Waals surface area contributed by atoms with Crippen molar-refractivity contribution < 1.29 is 32.2 Å². The summed E-state index contributed by atoms with van der Waals surface area (Å²) < 4.78 is 51.1. The first kappa shape index (κ1) is 19.5. The van der Waals surface area contributed by atoms with E-state index in [-0.39, 0.29) is 41.7 Å². The molecule has 0 amide bonds. The van der Waals surface area contributed by atoms with Crippen LogP contribution in [0, 0.1) is 0 Å². The van der Waals surface area contributed by atoms with Crippen LogP contribution in [0.15, 0.2) is 57.7 Å². The molecule has 0 unspecified atom stereocenters. The van der Waals surface area contributed by atoms with Gasteiger partial charge in [-0.2, -0.15) is 13.2 Å². The summed E-state index contributed by atoms with van der Waals surface area (Å²) in [5.74, 6) is -2.17. The first-order chi connectivity index (χ1) is 13.3. The second-order valence-electron chi connectivity index (χ2n) is 6.00. The van der Waals surface area contributed by atoms with E-state index in [2.05, 4.69) is 0 Å². The fraction of sp³-hybridized carbons (Fsp3) is 0.200. The minimum absolute atomic E-state index is 0.00950. The fourth-order valence-corrected chi connectivity index (χ4v) is 2.74. The van der Waals surface area contributed by atoms with E-state index in [9.17, 15) is 22.8 Å². The molecular weight excluding hydrogens is 377 g/mol. The van der Waals surface area contributed by atoms with Gasteiger partial charge in [0.15, 0.2) is 0 Å². The molecule has 0 saturated heterocycles. The molecule has 3 aromatic rings. The zero-order chi connectivity index (χ0) is 20.3. The minimum Gasteiger partial charge on any atom is -0.493 e. The molecule has 28 heavy (non-hydrogen) atoms. The SMILES string of the molecule is O=C(O)CCCOc1ccc2c(=O)c(-c3ccccc3)c(C(F)(F)F)oc2c1. The molecule has 1 N–H and O–H groups in total. The van der Waals surface area contributed by atoms with E-state index in [1.54, 1.807) is 6.07 Å². The Morgan fingerprint density at radius 3 is 2.46 bits per heavy atom. The number of halogens is 3. The van der Waals surface area contributed by atoms with E-state index in [0.717, 1.165) is 0 Å². The monoisotopic (exact) mass is 392 g/mol. The predicted molar refractivity (Wildman–Crippen MR) is 95.3 cm³/mol. The van der Waals surface area contributed by atoms with Gasteiger partial charge in [0.2, 0.25) is 11.2 Å². The number of hydrogen-bond acceptors (Lipinski definition) is 4. The van der Waals surface area contributed by atoms with Crippen LogP contribution in [-0.2, 0) is 11.0 Å². The fourth-order valence-electron chi connectivity index (χ4n) is 2.74. The average molecular weight is 392 g/mol. The van der Waals surface area contributed by atoms with Crippen LogP contribution in [0.4, 0.5) is 13.2 Å². The van der Waals surface area contributed by atoms with Crippen LogP contribution in [-0.4, -0.2) is 17.7 Å². The second-order valence-corrected chi connectivity index (χ2v) is 6.00. The highest BCUT2D eigenvalue weighted by Gasteiger charge is 2.39. The van der Waals surface area contributed by atoms with E-state index < -0.39 is 28.9 Å². The van der Waals surface area contributed by atoms with Crippen molar-refractivity contribution in [3.05, 3.63) is 64.5 Å². The average Bonchev–Trinajstić information content (AvgIpc) is 2.65. The topological polar surface area (TPSA) is 76.7 Å². The molecule has 0 aliphatic rings. The summed E-state index contributed by atoms with van der Waals surface area (Å²) in [6.07, 6.45) is -4.73. The number of hydrogen-bond donors (Lipinski definition) is 1. The largest absolute Gasteiger partial charge is 0.493 e. The van der Waals surface area contributed by atoms with Crippen LogP contribution in [0.1, 0.15) is 18.6 Å². The van der Waals surface area contributed by atoms with Crippen molar-refractivity contribution in [2.24, 2.45) is 0 Å². The Bertz CT molecular complexity index is 1060. The van der Waals surface area contributed by atoms with Crippen molar-refractivity contribution in [1.29, 1.82) is 0 Å². The van der Waals surface area contributed by atoms with E-state index >= 15 is 0 Å². The summed E-state index contributed by atoms with van der Waals surface area (Å²) in [5.41, 5.74) is -1.49. The van der Waals surface area contributed by atoms with Crippen LogP contribution in [0.5, 0.6) is 5.75 Å². The lowest BCUT2D eigenvalue weighted by atomic mass is 10.0. The third-order valence-electron chi connectivity index (χ3n) is 3.99. The van der Waals surface area contributed by atoms with Crippen molar-refractivity contribution in [2.45, 2.75) is 19.0 Å². The van der Waals surface area contributed by atoms with Gasteiger partial charge in [0, 0.05) is 12.5 Å². The van der Waals surface area contributed by atoms with Gasteiger partial charge in [-0.1, -0.05) is 30.3 Å². The number of carboxylic acid groups (broad SMARTS) is 1. The molecule has 5 nitrogen and oxygen atoms in total. The van der Waals surface area contributed by atoms with Gasteiger partial charge in [-0.15, -0.1) is 0 Å². The number of aliphatic carboxylic acids is 1. The number of benzene rings is 2. The Morgan fingerprint density at radius 2 is 1.82 bits per heavy atom. The highest BCUT2D eigenvalue weighted by Crippen LogP contribution is 2.37. The predicted octanol–water partition coefficient (Wildman–Crippen LogP) is 4.72. The third kappa shape index (κ3) is 4.16. The van der Waals surface area contributed by atoms with Gasteiger partial charge >= 0.3 is 12.1 Å². The maximum atomic E-state index is 13.5. The van der Waals surface area contributed by atoms with Crippen LogP contribution in [0.3, 0.4) is 0 Å². The molecule has 0 aliphatic heterocycles. The Morgan fingerprint density at radius 1 is 1.11 bits per heavy atom. The van der Waals surface area contributed by atoms with Crippen molar-refractivity contribution in [2.75, 3.05) is 6.61 Å². The Kier molecular flexibility index (Phi) is 5.39. The summed E-state index contributed by atoms with van der Waals surface area (Å²) in [5, 5.41) is 8.59. The lowest BCUT2D eigenvalue weighted by molar-refractivity contribution is -0.152. The van der Waals surface area contributed by atoms with Crippen LogP contribution < -0.4 is 10.2 Å². The molecule has 2 aromatic carbocycles. The van der Waals surface area contributed by atoms with Crippen LogP contribution in [0.25, 0.3) is 22.1 Å². The van der Waals surface area contributed by atoms with E-state index in [1.165, 1.54) is 42.5 Å². The van der Waals surface area contributed by atoms with Gasteiger partial charge in [-0.05, 0) is 24.1 Å². The molecule has 0 saturated carbocycles. The molecule has 146 valence electrons. The van der Waals surface area contributed by atoms with Crippen LogP contribution >= 0.6 is 0 Å². The van der Waals surface area contributed by atoms with Crippen molar-refractivity contribution in [1.82, 2.24) is 0 Å². The molecule has 1 aromatic heterocycles. The van der Waals surface area contributed by atoms with E-state index in [1.807, 2.05) is 0 Å². The van der Waals surface area contributed by atoms with Crippen LogP contribution in [0.2, 0.25) is 0 Å². The quantitative estimate of drug-likeness (QED) is 0.614. The molecular formula is C20H15F3O5. The van der Waals surface area contributed by atoms with Crippen molar-refractivity contribution in [3.63, 3.8) is 0 Å². The molecule has 0 atom stereocenters. The van der Waals surface area contributed by atoms with Crippen molar-refractivity contribution in [3.8, 4) is 16.9 Å². The maximum absolute atomic E-state index is 13.5. The highest BCUT2D eigenvalue weighted by molar-refractivity contribution is 5.84. The summed E-state index contributed by atoms with van der Waals surface area (Å²) in [4.78, 5) is 23.3. The zero-order valence-electron chi connectivity index (χ0n) is 14.5. The first-order valence-corrected chi connectivity index (χ1v) is 8.35. The third-order valence-corrected chi connectivity index (χ3v) is 3.99. The Labute approximate surface area is 157 Å². The molecule has 0 spiro atoms. The number of carbonyl (C=O) groups is 1. The molecule has 3 rings (SSSR count). The van der Waals surface area contributed by atoms with Crippen molar-refractivity contribution >= 4 is 16.9 Å². The van der Waals surface area contributed by atoms with E-state index in [4.69, 9.17) is 14.3 Å². The van der Waals surface area contributed by atoms with Gasteiger partial charge in [0.05, 0.1) is 17.6 Å². The number of alkyl halides is 3. The van der Waals surface area contributed by atoms with Gasteiger partial charge in [-0.25, -0.2) is 0 Å². The standard InChI is InChI=1S/C20H15F3O5/c21-20(22,23)19-17(12-5-2-1-3-6-12)18(26)14-9-8-13(11-15(14)28-19)27-10-4-7-16(24)25/h1-3,5-6,8-9,11H,4,7,10H2,(H,24,25). The Balaban J connectivity index is 2.06. The highest BCUT2D eigenvalue weighted by atomic mass is 19.4. The number of carboxylic acids is 1. The maximum Gasteiger partial charge on any atom is 0.450 e. The van der Waals surface area contributed by atoms with Gasteiger partial charge in [0.25, 0.3) is 0 Å². The molecule has 8 heteroatoms. The normalized spacial score (nSPS) is 11.5. The lowest BCUT2D eigenvalue weighted by Crippen LogP contribution is -2.16. The summed E-state index contributed by atoms with van der Waals surface area (Å²) in [6.45, 7) is 0.0657.